The molecular weight excluding hydrogens is 216 g/mol. The van der Waals surface area contributed by atoms with Gasteiger partial charge in [0.25, 0.3) is 0 Å². The van der Waals surface area contributed by atoms with Crippen molar-refractivity contribution in [2.45, 2.75) is 58.6 Å². The van der Waals surface area contributed by atoms with Crippen molar-refractivity contribution in [3.63, 3.8) is 0 Å². The molecule has 0 aliphatic carbocycles. The summed E-state index contributed by atoms with van der Waals surface area (Å²) < 4.78 is 5.46. The second kappa shape index (κ2) is 6.24. The van der Waals surface area contributed by atoms with Crippen molar-refractivity contribution in [2.24, 2.45) is 0 Å². The third-order valence-electron chi connectivity index (χ3n) is 2.80. The lowest BCUT2D eigenvalue weighted by molar-refractivity contribution is 0.0136. The number of piperidine rings is 1. The molecule has 1 N–H and O–H groups in total. The van der Waals surface area contributed by atoms with Crippen molar-refractivity contribution in [1.29, 1.82) is 0 Å². The summed E-state index contributed by atoms with van der Waals surface area (Å²) in [6, 6.07) is 0.290. The standard InChI is InChI=1S/C13H26N2O2/c1-5-9-15(11-7-6-8-14-10-11)12(16)17-13(2,3)4/h11,14H,5-10H2,1-4H3. The number of nitrogens with one attached hydrogen (secondary N) is 1. The third kappa shape index (κ3) is 4.94. The van der Waals surface area contributed by atoms with Crippen LogP contribution in [0.1, 0.15) is 47.0 Å². The van der Waals surface area contributed by atoms with Gasteiger partial charge in [0.1, 0.15) is 5.60 Å². The molecule has 0 aromatic carbocycles. The maximum atomic E-state index is 12.1. The zero-order chi connectivity index (χ0) is 12.9. The van der Waals surface area contributed by atoms with Crippen LogP contribution in [-0.2, 0) is 4.74 Å². The first kappa shape index (κ1) is 14.3. The van der Waals surface area contributed by atoms with Crippen LogP contribution in [0.25, 0.3) is 0 Å². The molecule has 1 unspecified atom stereocenters. The lowest BCUT2D eigenvalue weighted by Crippen LogP contribution is -2.50. The Morgan fingerprint density at radius 1 is 1.47 bits per heavy atom. The molecule has 1 fully saturated rings. The normalized spacial score (nSPS) is 21.1. The van der Waals surface area contributed by atoms with Gasteiger partial charge in [-0.1, -0.05) is 6.92 Å². The Kier molecular flexibility index (Phi) is 5.25. The Hall–Kier alpha value is -0.770. The van der Waals surface area contributed by atoms with Gasteiger partial charge >= 0.3 is 6.09 Å². The molecule has 4 nitrogen and oxygen atoms in total. The van der Waals surface area contributed by atoms with Gasteiger partial charge < -0.3 is 15.0 Å². The van der Waals surface area contributed by atoms with Crippen molar-refractivity contribution < 1.29 is 9.53 Å². The van der Waals surface area contributed by atoms with E-state index in [1.807, 2.05) is 25.7 Å². The fourth-order valence-electron chi connectivity index (χ4n) is 2.08. The minimum Gasteiger partial charge on any atom is -0.444 e. The Balaban J connectivity index is 2.60. The van der Waals surface area contributed by atoms with Crippen LogP contribution in [0.2, 0.25) is 0 Å². The van der Waals surface area contributed by atoms with Crippen LogP contribution >= 0.6 is 0 Å². The Bertz CT molecular complexity index is 242. The SMILES string of the molecule is CCCN(C(=O)OC(C)(C)C)C1CCCNC1. The maximum absolute atomic E-state index is 12.1. The molecule has 17 heavy (non-hydrogen) atoms. The number of carbonyl (C=O) groups excluding carboxylic acids is 1. The highest BCUT2D eigenvalue weighted by Gasteiger charge is 2.28. The predicted molar refractivity (Wildman–Crippen MR) is 69.1 cm³/mol. The summed E-state index contributed by atoms with van der Waals surface area (Å²) in [5, 5.41) is 3.34. The zero-order valence-electron chi connectivity index (χ0n) is 11.6. The van der Waals surface area contributed by atoms with Gasteiger partial charge in [-0.2, -0.15) is 0 Å². The highest BCUT2D eigenvalue weighted by molar-refractivity contribution is 5.68. The van der Waals surface area contributed by atoms with Crippen molar-refractivity contribution in [3.8, 4) is 0 Å². The van der Waals surface area contributed by atoms with Gasteiger partial charge in [-0.15, -0.1) is 0 Å². The van der Waals surface area contributed by atoms with E-state index in [0.29, 0.717) is 6.04 Å². The molecule has 100 valence electrons. The molecule has 0 aromatic rings. The highest BCUT2D eigenvalue weighted by Crippen LogP contribution is 2.16. The van der Waals surface area contributed by atoms with Crippen molar-refractivity contribution in [2.75, 3.05) is 19.6 Å². The van der Waals surface area contributed by atoms with Crippen LogP contribution in [0, 0.1) is 0 Å². The lowest BCUT2D eigenvalue weighted by atomic mass is 10.1. The summed E-state index contributed by atoms with van der Waals surface area (Å²) in [6.07, 6.45) is 3.00. The van der Waals surface area contributed by atoms with Gasteiger partial charge in [-0.3, -0.25) is 0 Å². The second-order valence-corrected chi connectivity index (χ2v) is 5.67. The fourth-order valence-corrected chi connectivity index (χ4v) is 2.08. The van der Waals surface area contributed by atoms with Gasteiger partial charge in [0.2, 0.25) is 0 Å². The van der Waals surface area contributed by atoms with E-state index in [-0.39, 0.29) is 6.09 Å². The minimum atomic E-state index is -0.412. The van der Waals surface area contributed by atoms with E-state index >= 15 is 0 Å². The molecule has 1 aliphatic rings. The molecule has 1 atom stereocenters. The van der Waals surface area contributed by atoms with Crippen LogP contribution in [0.5, 0.6) is 0 Å². The first-order valence-electron chi connectivity index (χ1n) is 6.64. The predicted octanol–water partition coefficient (Wildman–Crippen LogP) is 2.39. The lowest BCUT2D eigenvalue weighted by Gasteiger charge is -2.35. The van der Waals surface area contributed by atoms with Crippen molar-refractivity contribution in [3.05, 3.63) is 0 Å². The number of rotatable bonds is 3. The summed E-state index contributed by atoms with van der Waals surface area (Å²) in [5.74, 6) is 0. The van der Waals surface area contributed by atoms with Gasteiger partial charge in [0.15, 0.2) is 0 Å². The molecule has 0 bridgehead atoms. The van der Waals surface area contributed by atoms with E-state index in [1.165, 1.54) is 0 Å². The molecular formula is C13H26N2O2. The zero-order valence-corrected chi connectivity index (χ0v) is 11.6. The van der Waals surface area contributed by atoms with Crippen LogP contribution in [-0.4, -0.2) is 42.3 Å². The molecule has 1 aliphatic heterocycles. The van der Waals surface area contributed by atoms with Crippen LogP contribution < -0.4 is 5.32 Å². The molecule has 0 radical (unpaired) electrons. The molecule has 1 heterocycles. The highest BCUT2D eigenvalue weighted by atomic mass is 16.6. The van der Waals surface area contributed by atoms with Gasteiger partial charge in [-0.25, -0.2) is 4.79 Å². The average molecular weight is 242 g/mol. The molecule has 0 saturated carbocycles. The van der Waals surface area contributed by atoms with Crippen LogP contribution in [0.3, 0.4) is 0 Å². The van der Waals surface area contributed by atoms with Gasteiger partial charge in [-0.05, 0) is 46.6 Å². The Morgan fingerprint density at radius 2 is 2.18 bits per heavy atom. The topological polar surface area (TPSA) is 41.6 Å². The number of ether oxygens (including phenoxy) is 1. The molecule has 1 rings (SSSR count). The van der Waals surface area contributed by atoms with Gasteiger partial charge in [0.05, 0.1) is 0 Å². The van der Waals surface area contributed by atoms with E-state index < -0.39 is 5.60 Å². The number of carbonyl (C=O) groups is 1. The summed E-state index contributed by atoms with van der Waals surface area (Å²) in [4.78, 5) is 14.0. The maximum Gasteiger partial charge on any atom is 0.410 e. The van der Waals surface area contributed by atoms with E-state index in [4.69, 9.17) is 4.74 Å². The van der Waals surface area contributed by atoms with Crippen molar-refractivity contribution in [1.82, 2.24) is 10.2 Å². The number of nitrogens with zero attached hydrogens (tertiary/aromatic N) is 1. The quantitative estimate of drug-likeness (QED) is 0.826. The molecule has 0 spiro atoms. The smallest absolute Gasteiger partial charge is 0.410 e. The summed E-state index contributed by atoms with van der Waals surface area (Å²) >= 11 is 0. The molecule has 4 heteroatoms. The average Bonchev–Trinajstić information content (AvgIpc) is 2.24. The van der Waals surface area contributed by atoms with Crippen LogP contribution in [0.4, 0.5) is 4.79 Å². The molecule has 1 amide bonds. The fraction of sp³-hybridized carbons (Fsp3) is 0.923. The first-order valence-corrected chi connectivity index (χ1v) is 6.64. The summed E-state index contributed by atoms with van der Waals surface area (Å²) in [7, 11) is 0. The Labute approximate surface area is 105 Å². The van der Waals surface area contributed by atoms with Gasteiger partial charge in [0, 0.05) is 19.1 Å². The largest absolute Gasteiger partial charge is 0.444 e. The number of hydrogen-bond donors (Lipinski definition) is 1. The van der Waals surface area contributed by atoms with E-state index in [1.54, 1.807) is 0 Å². The third-order valence-corrected chi connectivity index (χ3v) is 2.80. The Morgan fingerprint density at radius 3 is 2.65 bits per heavy atom. The summed E-state index contributed by atoms with van der Waals surface area (Å²) in [5.41, 5.74) is -0.412. The van der Waals surface area contributed by atoms with E-state index in [2.05, 4.69) is 12.2 Å². The monoisotopic (exact) mass is 242 g/mol. The van der Waals surface area contributed by atoms with Crippen LogP contribution in [0.15, 0.2) is 0 Å². The minimum absolute atomic E-state index is 0.173. The number of hydrogen-bond acceptors (Lipinski definition) is 3. The van der Waals surface area contributed by atoms with E-state index in [9.17, 15) is 4.79 Å². The molecule has 0 aromatic heterocycles. The molecule has 1 saturated heterocycles. The summed E-state index contributed by atoms with van der Waals surface area (Å²) in [6.45, 7) is 10.6. The first-order chi connectivity index (χ1) is 7.94. The van der Waals surface area contributed by atoms with E-state index in [0.717, 1.165) is 38.9 Å². The van der Waals surface area contributed by atoms with Crippen molar-refractivity contribution >= 4 is 6.09 Å². The second-order valence-electron chi connectivity index (χ2n) is 5.67. The number of amides is 1.